The highest BCUT2D eigenvalue weighted by atomic mass is 16.5. The number of nitrogens with one attached hydrogen (secondary N) is 1. The highest BCUT2D eigenvalue weighted by Gasteiger charge is 2.16. The van der Waals surface area contributed by atoms with Crippen molar-refractivity contribution in [2.75, 3.05) is 7.11 Å². The zero-order valence-electron chi connectivity index (χ0n) is 9.98. The molecule has 0 spiro atoms. The van der Waals surface area contributed by atoms with Crippen molar-refractivity contribution < 1.29 is 9.53 Å². The lowest BCUT2D eigenvalue weighted by Crippen LogP contribution is -2.36. The van der Waals surface area contributed by atoms with Gasteiger partial charge in [-0.2, -0.15) is 0 Å². The summed E-state index contributed by atoms with van der Waals surface area (Å²) in [6.45, 7) is 4.11. The zero-order valence-corrected chi connectivity index (χ0v) is 9.98. The molecule has 0 radical (unpaired) electrons. The monoisotopic (exact) mass is 231 g/mol. The Morgan fingerprint density at radius 1 is 1.53 bits per heavy atom. The van der Waals surface area contributed by atoms with E-state index in [0.29, 0.717) is 13.0 Å². The Bertz CT molecular complexity index is 394. The molecule has 0 amide bonds. The third-order valence-electron chi connectivity index (χ3n) is 2.38. The quantitative estimate of drug-likeness (QED) is 0.601. The average Bonchev–Trinajstić information content (AvgIpc) is 2.39. The van der Waals surface area contributed by atoms with Gasteiger partial charge in [0.15, 0.2) is 0 Å². The van der Waals surface area contributed by atoms with Gasteiger partial charge in [0.25, 0.3) is 0 Å². The second-order valence-electron chi connectivity index (χ2n) is 3.59. The SMILES string of the molecule is C=C=CC[C@@H](NCc1ccccc1)C(=O)OC. The van der Waals surface area contributed by atoms with Gasteiger partial charge in [0.2, 0.25) is 0 Å². The summed E-state index contributed by atoms with van der Waals surface area (Å²) in [6.07, 6.45) is 2.25. The van der Waals surface area contributed by atoms with Crippen LogP contribution in [0.2, 0.25) is 0 Å². The second kappa shape index (κ2) is 7.44. The van der Waals surface area contributed by atoms with Gasteiger partial charge >= 0.3 is 5.97 Å². The molecular weight excluding hydrogens is 214 g/mol. The van der Waals surface area contributed by atoms with Gasteiger partial charge in [-0.05, 0) is 18.1 Å². The minimum absolute atomic E-state index is 0.271. The Hall–Kier alpha value is -1.83. The number of carbonyl (C=O) groups excluding carboxylic acids is 1. The van der Waals surface area contributed by atoms with E-state index < -0.39 is 0 Å². The van der Waals surface area contributed by atoms with Gasteiger partial charge in [0, 0.05) is 6.54 Å². The summed E-state index contributed by atoms with van der Waals surface area (Å²) in [5, 5.41) is 3.15. The van der Waals surface area contributed by atoms with Crippen molar-refractivity contribution in [1.29, 1.82) is 0 Å². The fourth-order valence-corrected chi connectivity index (χ4v) is 1.44. The molecule has 0 saturated heterocycles. The summed E-state index contributed by atoms with van der Waals surface area (Å²) in [7, 11) is 1.39. The van der Waals surface area contributed by atoms with Crippen LogP contribution in [0.15, 0.2) is 48.7 Å². The molecule has 1 atom stereocenters. The minimum Gasteiger partial charge on any atom is -0.468 e. The van der Waals surface area contributed by atoms with Crippen LogP contribution in [0.25, 0.3) is 0 Å². The van der Waals surface area contributed by atoms with Crippen LogP contribution in [0.3, 0.4) is 0 Å². The number of benzene rings is 1. The largest absolute Gasteiger partial charge is 0.468 e. The molecule has 1 N–H and O–H groups in total. The van der Waals surface area contributed by atoms with Gasteiger partial charge in [-0.15, -0.1) is 5.73 Å². The van der Waals surface area contributed by atoms with Gasteiger partial charge in [-0.3, -0.25) is 4.79 Å². The summed E-state index contributed by atoms with van der Waals surface area (Å²) in [5.74, 6) is -0.271. The third kappa shape index (κ3) is 4.68. The Kier molecular flexibility index (Phi) is 5.80. The molecule has 0 aliphatic heterocycles. The van der Waals surface area contributed by atoms with Crippen LogP contribution >= 0.6 is 0 Å². The topological polar surface area (TPSA) is 38.3 Å². The smallest absolute Gasteiger partial charge is 0.323 e. The third-order valence-corrected chi connectivity index (χ3v) is 2.38. The van der Waals surface area contributed by atoms with E-state index in [-0.39, 0.29) is 12.0 Å². The first-order valence-electron chi connectivity index (χ1n) is 5.47. The van der Waals surface area contributed by atoms with Crippen molar-refractivity contribution in [3.63, 3.8) is 0 Å². The number of ether oxygens (including phenoxy) is 1. The minimum atomic E-state index is -0.352. The van der Waals surface area contributed by atoms with Crippen LogP contribution in [0.5, 0.6) is 0 Å². The predicted molar refractivity (Wildman–Crippen MR) is 67.4 cm³/mol. The molecule has 90 valence electrons. The molecule has 0 aliphatic rings. The first-order chi connectivity index (χ1) is 8.27. The lowest BCUT2D eigenvalue weighted by Gasteiger charge is -2.14. The maximum atomic E-state index is 11.5. The normalized spacial score (nSPS) is 11.4. The maximum absolute atomic E-state index is 11.5. The first-order valence-corrected chi connectivity index (χ1v) is 5.47. The van der Waals surface area contributed by atoms with Crippen LogP contribution in [0.4, 0.5) is 0 Å². The van der Waals surface area contributed by atoms with Gasteiger partial charge in [-0.1, -0.05) is 36.9 Å². The number of hydrogen-bond acceptors (Lipinski definition) is 3. The summed E-state index contributed by atoms with van der Waals surface area (Å²) in [5.41, 5.74) is 3.78. The van der Waals surface area contributed by atoms with Gasteiger partial charge < -0.3 is 10.1 Å². The van der Waals surface area contributed by atoms with E-state index in [4.69, 9.17) is 4.74 Å². The zero-order chi connectivity index (χ0) is 12.5. The van der Waals surface area contributed by atoms with E-state index in [9.17, 15) is 4.79 Å². The molecule has 3 nitrogen and oxygen atoms in total. The van der Waals surface area contributed by atoms with E-state index in [1.165, 1.54) is 7.11 Å². The first kappa shape index (κ1) is 13.2. The molecule has 17 heavy (non-hydrogen) atoms. The molecule has 1 aromatic carbocycles. The van der Waals surface area contributed by atoms with E-state index in [1.807, 2.05) is 30.3 Å². The van der Waals surface area contributed by atoms with Crippen molar-refractivity contribution in [3.8, 4) is 0 Å². The second-order valence-corrected chi connectivity index (χ2v) is 3.59. The van der Waals surface area contributed by atoms with Crippen molar-refractivity contribution in [1.82, 2.24) is 5.32 Å². The lowest BCUT2D eigenvalue weighted by atomic mass is 10.1. The molecule has 0 aromatic heterocycles. The Labute approximate surface area is 102 Å². The van der Waals surface area contributed by atoms with Gasteiger partial charge in [0.05, 0.1) is 7.11 Å². The van der Waals surface area contributed by atoms with E-state index in [1.54, 1.807) is 6.08 Å². The summed E-state index contributed by atoms with van der Waals surface area (Å²) < 4.78 is 4.73. The molecule has 0 fully saturated rings. The van der Waals surface area contributed by atoms with E-state index in [0.717, 1.165) is 5.56 Å². The van der Waals surface area contributed by atoms with Crippen LogP contribution < -0.4 is 5.32 Å². The highest BCUT2D eigenvalue weighted by Crippen LogP contribution is 2.01. The van der Waals surface area contributed by atoms with Gasteiger partial charge in [-0.25, -0.2) is 0 Å². The van der Waals surface area contributed by atoms with Crippen LogP contribution in [-0.4, -0.2) is 19.1 Å². The van der Waals surface area contributed by atoms with Crippen molar-refractivity contribution in [3.05, 3.63) is 54.3 Å². The van der Waals surface area contributed by atoms with Crippen LogP contribution in [0, 0.1) is 0 Å². The fraction of sp³-hybridized carbons (Fsp3) is 0.286. The molecule has 0 aliphatic carbocycles. The Morgan fingerprint density at radius 2 is 2.24 bits per heavy atom. The standard InChI is InChI=1S/C14H17NO2/c1-3-4-10-13(14(16)17-2)15-11-12-8-6-5-7-9-12/h4-9,13,15H,1,10-11H2,2H3/t13-/m1/s1. The summed E-state index contributed by atoms with van der Waals surface area (Å²) in [4.78, 5) is 11.5. The molecule has 0 unspecified atom stereocenters. The fourth-order valence-electron chi connectivity index (χ4n) is 1.44. The molecule has 1 rings (SSSR count). The summed E-state index contributed by atoms with van der Waals surface area (Å²) >= 11 is 0. The molecule has 0 heterocycles. The van der Waals surface area contributed by atoms with Gasteiger partial charge in [0.1, 0.15) is 6.04 Å². The highest BCUT2D eigenvalue weighted by molar-refractivity contribution is 5.75. The predicted octanol–water partition coefficient (Wildman–Crippen LogP) is 2.05. The lowest BCUT2D eigenvalue weighted by molar-refractivity contribution is -0.143. The summed E-state index contributed by atoms with van der Waals surface area (Å²) in [6, 6.07) is 9.55. The average molecular weight is 231 g/mol. The number of carbonyl (C=O) groups is 1. The van der Waals surface area contributed by atoms with Crippen molar-refractivity contribution in [2.24, 2.45) is 0 Å². The maximum Gasteiger partial charge on any atom is 0.323 e. The molecule has 3 heteroatoms. The van der Waals surface area contributed by atoms with Crippen molar-refractivity contribution >= 4 is 5.97 Å². The van der Waals surface area contributed by atoms with Crippen molar-refractivity contribution in [2.45, 2.75) is 19.0 Å². The number of rotatable bonds is 6. The number of esters is 1. The Balaban J connectivity index is 2.54. The van der Waals surface area contributed by atoms with E-state index in [2.05, 4.69) is 17.6 Å². The number of methoxy groups -OCH3 is 1. The molecular formula is C14H17NO2. The van der Waals surface area contributed by atoms with E-state index >= 15 is 0 Å². The number of hydrogen-bond donors (Lipinski definition) is 1. The van der Waals surface area contributed by atoms with Crippen LogP contribution in [0.1, 0.15) is 12.0 Å². The van der Waals surface area contributed by atoms with Crippen LogP contribution in [-0.2, 0) is 16.1 Å². The molecule has 1 aromatic rings. The molecule has 0 bridgehead atoms. The molecule has 0 saturated carbocycles. The Morgan fingerprint density at radius 3 is 2.82 bits per heavy atom.